The smallest absolute Gasteiger partial charge is 0.229 e. The van der Waals surface area contributed by atoms with Gasteiger partial charge in [-0.15, -0.1) is 0 Å². The maximum atomic E-state index is 15.2. The van der Waals surface area contributed by atoms with Crippen molar-refractivity contribution in [1.29, 1.82) is 0 Å². The average molecular weight is 323 g/mol. The fourth-order valence-corrected chi connectivity index (χ4v) is 3.44. The van der Waals surface area contributed by atoms with E-state index in [4.69, 9.17) is 5.73 Å². The Morgan fingerprint density at radius 3 is 2.67 bits per heavy atom. The maximum absolute atomic E-state index is 15.2. The predicted octanol–water partition coefficient (Wildman–Crippen LogP) is 3.20. The molecular weight excluding hydrogens is 305 g/mol. The second-order valence-corrected chi connectivity index (χ2v) is 6.57. The molecule has 2 heterocycles. The monoisotopic (exact) mass is 323 g/mol. The second-order valence-electron chi connectivity index (χ2n) is 6.57. The molecule has 1 saturated carbocycles. The van der Waals surface area contributed by atoms with Gasteiger partial charge in [0.25, 0.3) is 0 Å². The van der Waals surface area contributed by atoms with E-state index in [-0.39, 0.29) is 11.7 Å². The van der Waals surface area contributed by atoms with Gasteiger partial charge in [-0.1, -0.05) is 24.3 Å². The minimum Gasteiger partial charge on any atom is -0.369 e. The molecule has 0 spiro atoms. The molecule has 4 rings (SSSR count). The zero-order chi connectivity index (χ0) is 17.1. The summed E-state index contributed by atoms with van der Waals surface area (Å²) in [6.45, 7) is 1.96. The van der Waals surface area contributed by atoms with E-state index in [0.29, 0.717) is 35.1 Å². The molecule has 0 atom stereocenters. The summed E-state index contributed by atoms with van der Waals surface area (Å²) in [4.78, 5) is 16.1. The minimum atomic E-state index is -0.709. The quantitative estimate of drug-likeness (QED) is 0.804. The molecule has 4 nitrogen and oxygen atoms in total. The van der Waals surface area contributed by atoms with Gasteiger partial charge in [0.05, 0.1) is 28.5 Å². The third kappa shape index (κ3) is 1.90. The summed E-state index contributed by atoms with van der Waals surface area (Å²) >= 11 is 0. The number of aromatic nitrogens is 2. The molecule has 0 aliphatic heterocycles. The van der Waals surface area contributed by atoms with Crippen LogP contribution in [0.3, 0.4) is 0 Å². The second kappa shape index (κ2) is 4.90. The van der Waals surface area contributed by atoms with E-state index in [9.17, 15) is 4.79 Å². The fourth-order valence-electron chi connectivity index (χ4n) is 3.44. The van der Waals surface area contributed by atoms with Gasteiger partial charge in [0.2, 0.25) is 5.91 Å². The highest BCUT2D eigenvalue weighted by Gasteiger charge is 2.51. The van der Waals surface area contributed by atoms with Crippen LogP contribution in [0.1, 0.15) is 24.1 Å². The molecule has 3 aromatic rings. The van der Waals surface area contributed by atoms with Gasteiger partial charge < -0.3 is 10.3 Å². The summed E-state index contributed by atoms with van der Waals surface area (Å²) in [7, 11) is 1.83. The molecule has 1 aliphatic carbocycles. The van der Waals surface area contributed by atoms with Crippen LogP contribution in [0, 0.1) is 12.7 Å². The molecular formula is C19H18FN3O. The van der Waals surface area contributed by atoms with Crippen molar-refractivity contribution in [2.45, 2.75) is 25.2 Å². The van der Waals surface area contributed by atoms with Crippen molar-refractivity contribution in [2.75, 3.05) is 0 Å². The number of benzene rings is 1. The number of halogens is 1. The Hall–Kier alpha value is -2.69. The number of nitrogens with zero attached hydrogens (tertiary/aromatic N) is 2. The Kier molecular flexibility index (Phi) is 3.04. The van der Waals surface area contributed by atoms with Crippen LogP contribution >= 0.6 is 0 Å². The summed E-state index contributed by atoms with van der Waals surface area (Å²) in [5.41, 5.74) is 8.47. The summed E-state index contributed by atoms with van der Waals surface area (Å²) in [5, 5.41) is 0.480. The summed E-state index contributed by atoms with van der Waals surface area (Å²) < 4.78 is 17.0. The summed E-state index contributed by atoms with van der Waals surface area (Å²) in [6.07, 6.45) is 3.00. The van der Waals surface area contributed by atoms with Crippen molar-refractivity contribution in [3.8, 4) is 11.3 Å². The Bertz CT molecular complexity index is 986. The first-order chi connectivity index (χ1) is 11.5. The molecule has 2 N–H and O–H groups in total. The van der Waals surface area contributed by atoms with Gasteiger partial charge in [0.15, 0.2) is 5.82 Å². The number of amides is 1. The van der Waals surface area contributed by atoms with Crippen molar-refractivity contribution < 1.29 is 9.18 Å². The largest absolute Gasteiger partial charge is 0.369 e. The van der Waals surface area contributed by atoms with Crippen molar-refractivity contribution in [3.63, 3.8) is 0 Å². The van der Waals surface area contributed by atoms with E-state index in [2.05, 4.69) is 4.98 Å². The maximum Gasteiger partial charge on any atom is 0.229 e. The van der Waals surface area contributed by atoms with Gasteiger partial charge in [-0.05, 0) is 31.4 Å². The number of nitrogens with two attached hydrogens (primary N) is 1. The van der Waals surface area contributed by atoms with E-state index in [1.165, 1.54) is 0 Å². The lowest BCUT2D eigenvalue weighted by atomic mass is 10.00. The zero-order valence-corrected chi connectivity index (χ0v) is 13.6. The number of hydrogen-bond acceptors (Lipinski definition) is 2. The van der Waals surface area contributed by atoms with Crippen LogP contribution in [-0.4, -0.2) is 15.5 Å². The van der Waals surface area contributed by atoms with E-state index < -0.39 is 5.41 Å². The highest BCUT2D eigenvalue weighted by molar-refractivity contribution is 5.92. The molecule has 5 heteroatoms. The third-order valence-corrected chi connectivity index (χ3v) is 5.14. The first-order valence-electron chi connectivity index (χ1n) is 7.96. The number of pyridine rings is 1. The van der Waals surface area contributed by atoms with Gasteiger partial charge in [-0.3, -0.25) is 9.78 Å². The topological polar surface area (TPSA) is 60.9 Å². The molecule has 0 radical (unpaired) electrons. The van der Waals surface area contributed by atoms with Crippen LogP contribution in [0.4, 0.5) is 4.39 Å². The lowest BCUT2D eigenvalue weighted by Crippen LogP contribution is -2.29. The molecule has 1 fully saturated rings. The van der Waals surface area contributed by atoms with Gasteiger partial charge in [-0.2, -0.15) is 0 Å². The third-order valence-electron chi connectivity index (χ3n) is 5.14. The number of rotatable bonds is 3. The number of carbonyl (C=O) groups excluding carboxylic acids is 1. The molecule has 122 valence electrons. The molecule has 2 aromatic heterocycles. The summed E-state index contributed by atoms with van der Waals surface area (Å²) in [6, 6.07) is 9.39. The van der Waals surface area contributed by atoms with Gasteiger partial charge in [0.1, 0.15) is 0 Å². The zero-order valence-electron chi connectivity index (χ0n) is 13.6. The number of primary amides is 1. The first-order valence-corrected chi connectivity index (χ1v) is 7.96. The number of fused-ring (bicyclic) bond motifs is 1. The van der Waals surface area contributed by atoms with E-state index in [1.54, 1.807) is 12.3 Å². The lowest BCUT2D eigenvalue weighted by molar-refractivity contribution is -0.120. The number of hydrogen-bond donors (Lipinski definition) is 1. The first kappa shape index (κ1) is 14.9. The van der Waals surface area contributed by atoms with E-state index >= 15 is 4.39 Å². The lowest BCUT2D eigenvalue weighted by Gasteiger charge is -2.10. The molecule has 1 aliphatic rings. The predicted molar refractivity (Wildman–Crippen MR) is 91.0 cm³/mol. The highest BCUT2D eigenvalue weighted by Crippen LogP contribution is 2.48. The van der Waals surface area contributed by atoms with Crippen LogP contribution in [-0.2, 0) is 17.3 Å². The Morgan fingerprint density at radius 2 is 2.04 bits per heavy atom. The standard InChI is InChI=1S/C19H18FN3O/c1-11-5-3-4-6-12(11)17-16(20)13-9-15(19(7-8-19)18(21)24)22-10-14(13)23(17)2/h3-6,9-10H,7-8H2,1-2H3,(H2,21,24). The molecule has 1 aromatic carbocycles. The normalized spacial score (nSPS) is 15.6. The molecule has 0 bridgehead atoms. The van der Waals surface area contributed by atoms with Crippen LogP contribution in [0.2, 0.25) is 0 Å². The van der Waals surface area contributed by atoms with E-state index in [1.807, 2.05) is 42.8 Å². The number of aryl methyl sites for hydroxylation is 2. The van der Waals surface area contributed by atoms with Crippen LogP contribution in [0.15, 0.2) is 36.5 Å². The van der Waals surface area contributed by atoms with Crippen molar-refractivity contribution in [2.24, 2.45) is 12.8 Å². The Balaban J connectivity index is 1.96. The highest BCUT2D eigenvalue weighted by atomic mass is 19.1. The van der Waals surface area contributed by atoms with Crippen LogP contribution in [0.25, 0.3) is 22.2 Å². The average Bonchev–Trinajstić information content (AvgIpc) is 3.34. The van der Waals surface area contributed by atoms with E-state index in [0.717, 1.165) is 11.1 Å². The SMILES string of the molecule is Cc1ccccc1-c1c(F)c2cc(C3(C(N)=O)CC3)ncc2n1C. The Morgan fingerprint density at radius 1 is 1.33 bits per heavy atom. The molecule has 0 saturated heterocycles. The number of carbonyl (C=O) groups is 1. The Labute approximate surface area is 139 Å². The van der Waals surface area contributed by atoms with Crippen LogP contribution in [0.5, 0.6) is 0 Å². The van der Waals surface area contributed by atoms with Crippen molar-refractivity contribution in [1.82, 2.24) is 9.55 Å². The molecule has 0 unspecified atom stereocenters. The van der Waals surface area contributed by atoms with Crippen molar-refractivity contribution in [3.05, 3.63) is 53.6 Å². The van der Waals surface area contributed by atoms with Gasteiger partial charge in [-0.25, -0.2) is 4.39 Å². The molecule has 24 heavy (non-hydrogen) atoms. The van der Waals surface area contributed by atoms with Gasteiger partial charge >= 0.3 is 0 Å². The van der Waals surface area contributed by atoms with Crippen molar-refractivity contribution >= 4 is 16.8 Å². The molecule has 1 amide bonds. The van der Waals surface area contributed by atoms with Gasteiger partial charge in [0, 0.05) is 18.0 Å². The van der Waals surface area contributed by atoms with Crippen LogP contribution < -0.4 is 5.73 Å². The summed E-state index contributed by atoms with van der Waals surface area (Å²) in [5.74, 6) is -0.671. The fraction of sp³-hybridized carbons (Fsp3) is 0.263. The minimum absolute atomic E-state index is 0.286.